The van der Waals surface area contributed by atoms with Crippen LogP contribution in [-0.2, 0) is 32.3 Å². The Kier molecular flexibility index (Phi) is 20.2. The molecule has 1 fully saturated rings. The van der Waals surface area contributed by atoms with Crippen LogP contribution in [-0.4, -0.2) is 91.7 Å². The van der Waals surface area contributed by atoms with Crippen LogP contribution >= 0.6 is 11.8 Å². The van der Waals surface area contributed by atoms with Crippen LogP contribution in [0.25, 0.3) is 10.4 Å². The molecule has 1 saturated heterocycles. The number of benzene rings is 1. The van der Waals surface area contributed by atoms with Gasteiger partial charge >= 0.3 is 12.1 Å². The van der Waals surface area contributed by atoms with Crippen LogP contribution in [0.2, 0.25) is 54.4 Å². The molecule has 0 aliphatic carbocycles. The Hall–Kier alpha value is -1.89. The zero-order chi connectivity index (χ0) is 42.4. The Balaban J connectivity index is 3.17. The average Bonchev–Trinajstić information content (AvgIpc) is 3.19. The number of carbonyl (C=O) groups excluding carboxylic acids is 2. The predicted molar refractivity (Wildman–Crippen MR) is 235 cm³/mol. The van der Waals surface area contributed by atoms with Crippen molar-refractivity contribution in [1.82, 2.24) is 5.32 Å². The average molecular weight is 855 g/mol. The predicted octanol–water partition coefficient (Wildman–Crippen LogP) is 11.1. The lowest BCUT2D eigenvalue weighted by Gasteiger charge is -2.53. The summed E-state index contributed by atoms with van der Waals surface area (Å²) in [5, 5.41) is 7.33. The minimum atomic E-state index is -2.51. The molecule has 320 valence electrons. The molecule has 0 aromatic heterocycles. The molecule has 0 unspecified atom stereocenters. The second kappa shape index (κ2) is 22.5. The molecule has 1 aromatic carbocycles. The largest absolute Gasteiger partial charge is 0.466 e. The molecule has 1 N–H and O–H groups in total. The zero-order valence-corrected chi connectivity index (χ0v) is 40.8. The third-order valence-electron chi connectivity index (χ3n) is 12.0. The van der Waals surface area contributed by atoms with Gasteiger partial charge in [0.1, 0.15) is 11.7 Å². The minimum Gasteiger partial charge on any atom is -0.466 e. The van der Waals surface area contributed by atoms with Crippen LogP contribution in [0.1, 0.15) is 95.1 Å². The highest BCUT2D eigenvalue weighted by Gasteiger charge is 2.59. The summed E-state index contributed by atoms with van der Waals surface area (Å²) < 4.78 is 41.1. The van der Waals surface area contributed by atoms with Gasteiger partial charge in [0, 0.05) is 16.2 Å². The van der Waals surface area contributed by atoms with Gasteiger partial charge < -0.3 is 32.8 Å². The summed E-state index contributed by atoms with van der Waals surface area (Å²) in [5.74, 6) is -0.565. The second-order valence-electron chi connectivity index (χ2n) is 16.2. The van der Waals surface area contributed by atoms with Crippen LogP contribution < -0.4 is 5.32 Å². The fraction of sp³-hybridized carbons (Fsp3) is 0.800. The van der Waals surface area contributed by atoms with Gasteiger partial charge in [-0.3, -0.25) is 0 Å². The maximum absolute atomic E-state index is 14.5. The van der Waals surface area contributed by atoms with Gasteiger partial charge in [-0.05, 0) is 99.8 Å². The first-order valence-electron chi connectivity index (χ1n) is 21.0. The molecular weight excluding hydrogens is 781 g/mol. The maximum atomic E-state index is 14.5. The topological polar surface area (TPSA) is 150 Å². The molecule has 56 heavy (non-hydrogen) atoms. The number of nitrogens with zero attached hydrogens (tertiary/aromatic N) is 3. The number of alkyl carbamates (subject to hydrolysis) is 1. The highest BCUT2D eigenvalue weighted by molar-refractivity contribution is 8.01. The van der Waals surface area contributed by atoms with E-state index >= 15 is 0 Å². The second-order valence-corrected chi connectivity index (χ2v) is 31.7. The Bertz CT molecular complexity index is 1390. The van der Waals surface area contributed by atoms with Crippen LogP contribution in [0.15, 0.2) is 34.3 Å². The van der Waals surface area contributed by atoms with Gasteiger partial charge in [0.2, 0.25) is 4.93 Å². The fourth-order valence-electron chi connectivity index (χ4n) is 7.75. The van der Waals surface area contributed by atoms with Crippen molar-refractivity contribution in [3.63, 3.8) is 0 Å². The summed E-state index contributed by atoms with van der Waals surface area (Å²) in [6.45, 7) is 26.9. The van der Waals surface area contributed by atoms with Crippen molar-refractivity contribution in [3.8, 4) is 0 Å². The number of ether oxygens (including phenoxy) is 3. The Morgan fingerprint density at radius 2 is 1.39 bits per heavy atom. The van der Waals surface area contributed by atoms with Crippen molar-refractivity contribution in [2.45, 2.75) is 197 Å². The third-order valence-corrected chi connectivity index (χ3v) is 27.3. The number of amides is 1. The highest BCUT2D eigenvalue weighted by Crippen LogP contribution is 2.48. The van der Waals surface area contributed by atoms with Crippen molar-refractivity contribution < 1.29 is 37.1 Å². The number of hydrogen-bond donors (Lipinski definition) is 1. The lowest BCUT2D eigenvalue weighted by Crippen LogP contribution is -2.70. The minimum absolute atomic E-state index is 0.0179. The first-order valence-corrected chi connectivity index (χ1v) is 29.4. The van der Waals surface area contributed by atoms with Gasteiger partial charge in [-0.15, -0.1) is 0 Å². The number of aryl methyl sites for hydroxylation is 1. The van der Waals surface area contributed by atoms with Gasteiger partial charge in [-0.2, -0.15) is 0 Å². The van der Waals surface area contributed by atoms with E-state index in [1.54, 1.807) is 0 Å². The molecule has 16 heteroatoms. The van der Waals surface area contributed by atoms with Crippen molar-refractivity contribution >= 4 is 48.8 Å². The van der Waals surface area contributed by atoms with E-state index in [2.05, 4.69) is 77.7 Å². The SMILES string of the molecule is CC[Si](CC)(CC)O[C@@H]([C@@H]1O[C@@](Sc2ccc(C)cc2)(C(=O)OC)C[C@H](O[Si](CC)(CC)CC)[C@H]1NC(=O)OC(C)(C)C)[C@@H](CN=[N+]=[N-])O[Si](CC)(CC)CC. The lowest BCUT2D eigenvalue weighted by molar-refractivity contribution is -0.199. The number of hydrogen-bond acceptors (Lipinski definition) is 10. The normalized spacial score (nSPS) is 21.8. The number of rotatable bonds is 23. The van der Waals surface area contributed by atoms with Crippen molar-refractivity contribution in [3.05, 3.63) is 40.3 Å². The molecule has 1 aromatic rings. The van der Waals surface area contributed by atoms with Crippen molar-refractivity contribution in [2.75, 3.05) is 13.7 Å². The first-order chi connectivity index (χ1) is 26.4. The molecule has 1 heterocycles. The van der Waals surface area contributed by atoms with Crippen LogP contribution in [0.4, 0.5) is 4.79 Å². The summed E-state index contributed by atoms with van der Waals surface area (Å²) in [7, 11) is -5.95. The molecule has 0 spiro atoms. The standard InChI is InChI=1S/C40H74N4O8SSi3/c1-15-54(16-2,17-3)50-32-28-40(37(45)47-14,53-31-26-24-30(10)25-27-31)48-36(34(32)43-38(46)49-39(11,12)13)35(52-56(21-7,22-8)23-9)33(29-42-44-41)51-55(18-4,19-5)20-6/h24-27,32-36H,15-23,28-29H2,1-14H3,(H,43,46)/t32-,33+,34+,35+,36+,40-/m0/s1. The molecule has 0 saturated carbocycles. The van der Waals surface area contributed by atoms with Gasteiger partial charge in [-0.1, -0.05) is 96.9 Å². The van der Waals surface area contributed by atoms with Gasteiger partial charge in [0.25, 0.3) is 0 Å². The molecule has 12 nitrogen and oxygen atoms in total. The van der Waals surface area contributed by atoms with E-state index in [9.17, 15) is 15.1 Å². The lowest BCUT2D eigenvalue weighted by atomic mass is 9.89. The smallest absolute Gasteiger partial charge is 0.408 e. The van der Waals surface area contributed by atoms with E-state index < -0.39 is 78.0 Å². The Morgan fingerprint density at radius 1 is 0.893 bits per heavy atom. The van der Waals surface area contributed by atoms with Crippen molar-refractivity contribution in [2.24, 2.45) is 5.11 Å². The number of azide groups is 1. The number of methoxy groups -OCH3 is 1. The molecule has 0 radical (unpaired) electrons. The molecule has 0 bridgehead atoms. The summed E-state index contributed by atoms with van der Waals surface area (Å²) in [6.07, 6.45) is -3.86. The van der Waals surface area contributed by atoms with E-state index in [-0.39, 0.29) is 13.0 Å². The summed E-state index contributed by atoms with van der Waals surface area (Å²) in [5.41, 5.74) is 10.0. The molecule has 1 amide bonds. The van der Waals surface area contributed by atoms with E-state index in [1.807, 2.05) is 52.0 Å². The van der Waals surface area contributed by atoms with Crippen molar-refractivity contribution in [1.29, 1.82) is 0 Å². The van der Waals surface area contributed by atoms with E-state index in [1.165, 1.54) is 18.9 Å². The quantitative estimate of drug-likeness (QED) is 0.0373. The zero-order valence-electron chi connectivity index (χ0n) is 37.0. The van der Waals surface area contributed by atoms with E-state index in [4.69, 9.17) is 27.5 Å². The number of thioether (sulfide) groups is 1. The summed E-state index contributed by atoms with van der Waals surface area (Å²) >= 11 is 1.29. The Morgan fingerprint density at radius 3 is 1.84 bits per heavy atom. The van der Waals surface area contributed by atoms with Gasteiger partial charge in [-0.25, -0.2) is 9.59 Å². The van der Waals surface area contributed by atoms with Gasteiger partial charge in [0.15, 0.2) is 25.0 Å². The van der Waals surface area contributed by atoms with Crippen LogP contribution in [0.3, 0.4) is 0 Å². The molecule has 6 atom stereocenters. The number of carbonyl (C=O) groups is 2. The Labute approximate surface area is 345 Å². The number of nitrogens with one attached hydrogen (secondary N) is 1. The van der Waals surface area contributed by atoms with Gasteiger partial charge in [0.05, 0.1) is 38.0 Å². The first kappa shape index (κ1) is 50.3. The van der Waals surface area contributed by atoms with Crippen LogP contribution in [0.5, 0.6) is 0 Å². The monoisotopic (exact) mass is 854 g/mol. The highest BCUT2D eigenvalue weighted by atomic mass is 32.2. The maximum Gasteiger partial charge on any atom is 0.408 e. The van der Waals surface area contributed by atoms with E-state index in [0.717, 1.165) is 64.9 Å². The molecule has 2 rings (SSSR count). The third kappa shape index (κ3) is 13.1. The number of esters is 1. The molecule has 1 aliphatic heterocycles. The van der Waals surface area contributed by atoms with E-state index in [0.29, 0.717) is 0 Å². The fourth-order valence-corrected chi connectivity index (χ4v) is 17.6. The molecule has 1 aliphatic rings. The summed E-state index contributed by atoms with van der Waals surface area (Å²) in [6, 6.07) is 14.6. The molecular formula is C40H74N4O8SSi3. The van der Waals surface area contributed by atoms with Crippen LogP contribution in [0, 0.1) is 6.92 Å². The summed E-state index contributed by atoms with van der Waals surface area (Å²) in [4.78, 5) is 30.9.